The minimum atomic E-state index is 1.01. The summed E-state index contributed by atoms with van der Waals surface area (Å²) in [5, 5.41) is 5.15. The highest BCUT2D eigenvalue weighted by Crippen LogP contribution is 2.37. The van der Waals surface area contributed by atoms with Crippen molar-refractivity contribution in [1.82, 2.24) is 9.55 Å². The van der Waals surface area contributed by atoms with Gasteiger partial charge in [0.25, 0.3) is 0 Å². The summed E-state index contributed by atoms with van der Waals surface area (Å²) in [5.41, 5.74) is 4.89. The van der Waals surface area contributed by atoms with Crippen LogP contribution in [-0.4, -0.2) is 17.4 Å². The van der Waals surface area contributed by atoms with Crippen molar-refractivity contribution in [3.63, 3.8) is 0 Å². The Bertz CT molecular complexity index is 1370. The third kappa shape index (κ3) is 3.81. The van der Waals surface area contributed by atoms with Crippen molar-refractivity contribution in [2.24, 2.45) is 0 Å². The Balaban J connectivity index is 1.70. The number of fused-ring (bicyclic) bond motifs is 6. The SMILES string of the molecule is Bc1ccc(-c2nc3c4ccccc4c4ccccc4c3n2CCCCCCCC)cc1. The number of imidazole rings is 1. The van der Waals surface area contributed by atoms with E-state index in [0.717, 1.165) is 17.9 Å². The summed E-state index contributed by atoms with van der Waals surface area (Å²) in [5.74, 6) is 1.09. The largest absolute Gasteiger partial charge is 0.323 e. The Morgan fingerprint density at radius 1 is 0.688 bits per heavy atom. The molecule has 1 heterocycles. The third-order valence-electron chi connectivity index (χ3n) is 6.67. The van der Waals surface area contributed by atoms with Gasteiger partial charge in [-0.3, -0.25) is 0 Å². The van der Waals surface area contributed by atoms with E-state index in [9.17, 15) is 0 Å². The Kier molecular flexibility index (Phi) is 5.98. The molecule has 1 aromatic heterocycles. The van der Waals surface area contributed by atoms with Crippen molar-refractivity contribution < 1.29 is 0 Å². The highest BCUT2D eigenvalue weighted by atomic mass is 15.1. The van der Waals surface area contributed by atoms with Gasteiger partial charge in [-0.25, -0.2) is 4.98 Å². The van der Waals surface area contributed by atoms with E-state index in [0.29, 0.717) is 0 Å². The number of nitrogens with zero attached hydrogens (tertiary/aromatic N) is 2. The van der Waals surface area contributed by atoms with Gasteiger partial charge in [-0.2, -0.15) is 0 Å². The van der Waals surface area contributed by atoms with Gasteiger partial charge in [0.2, 0.25) is 0 Å². The second-order valence-electron chi connectivity index (χ2n) is 9.01. The maximum atomic E-state index is 5.28. The molecule has 160 valence electrons. The van der Waals surface area contributed by atoms with E-state index < -0.39 is 0 Å². The lowest BCUT2D eigenvalue weighted by molar-refractivity contribution is 0.566. The zero-order chi connectivity index (χ0) is 21.9. The molecule has 0 N–H and O–H groups in total. The summed E-state index contributed by atoms with van der Waals surface area (Å²) >= 11 is 0. The van der Waals surface area contributed by atoms with Crippen LogP contribution in [0.1, 0.15) is 45.4 Å². The molecule has 4 aromatic carbocycles. The number of benzene rings is 4. The number of aromatic nitrogens is 2. The zero-order valence-electron chi connectivity index (χ0n) is 19.3. The zero-order valence-corrected chi connectivity index (χ0v) is 19.3. The van der Waals surface area contributed by atoms with E-state index in [2.05, 4.69) is 92.1 Å². The molecule has 0 aliphatic carbocycles. The fraction of sp³-hybridized carbons (Fsp3) is 0.276. The Morgan fingerprint density at radius 2 is 1.28 bits per heavy atom. The summed E-state index contributed by atoms with van der Waals surface area (Å²) in [7, 11) is 2.14. The van der Waals surface area contributed by atoms with E-state index in [-0.39, 0.29) is 0 Å². The van der Waals surface area contributed by atoms with Crippen LogP contribution in [0.2, 0.25) is 0 Å². The lowest BCUT2D eigenvalue weighted by Gasteiger charge is -2.12. The van der Waals surface area contributed by atoms with Crippen LogP contribution < -0.4 is 5.46 Å². The van der Waals surface area contributed by atoms with Crippen LogP contribution in [0.3, 0.4) is 0 Å². The van der Waals surface area contributed by atoms with Gasteiger partial charge < -0.3 is 4.57 Å². The van der Waals surface area contributed by atoms with Gasteiger partial charge in [0.15, 0.2) is 0 Å². The van der Waals surface area contributed by atoms with Crippen molar-refractivity contribution in [2.45, 2.75) is 52.0 Å². The smallest absolute Gasteiger partial charge is 0.141 e. The molecule has 0 bridgehead atoms. The van der Waals surface area contributed by atoms with Crippen LogP contribution in [-0.2, 0) is 6.54 Å². The number of hydrogen-bond acceptors (Lipinski definition) is 1. The standard InChI is InChI=1S/C29H31BN2/c1-2-3-4-5-6-11-20-32-28-26-15-10-8-13-24(26)23-12-7-9-14-25(23)27(28)31-29(32)21-16-18-22(30)19-17-21/h7-10,12-19H,2-6,11,20,30H2,1H3. The van der Waals surface area contributed by atoms with Gasteiger partial charge in [0, 0.05) is 22.9 Å². The van der Waals surface area contributed by atoms with Gasteiger partial charge in [0.05, 0.1) is 11.0 Å². The molecule has 2 nitrogen and oxygen atoms in total. The van der Waals surface area contributed by atoms with Crippen LogP contribution in [0, 0.1) is 0 Å². The van der Waals surface area contributed by atoms with Gasteiger partial charge in [-0.05, 0) is 17.2 Å². The predicted octanol–water partition coefficient (Wildman–Crippen LogP) is 6.63. The van der Waals surface area contributed by atoms with Crippen LogP contribution in [0.25, 0.3) is 44.0 Å². The quantitative estimate of drug-likeness (QED) is 0.157. The van der Waals surface area contributed by atoms with Crippen LogP contribution in [0.15, 0.2) is 72.8 Å². The van der Waals surface area contributed by atoms with E-state index in [1.54, 1.807) is 0 Å². The monoisotopic (exact) mass is 418 g/mol. The summed E-state index contributed by atoms with van der Waals surface area (Å²) in [6, 6.07) is 26.4. The molecule has 32 heavy (non-hydrogen) atoms. The molecule has 5 aromatic rings. The van der Waals surface area contributed by atoms with Crippen molar-refractivity contribution in [2.75, 3.05) is 0 Å². The number of rotatable bonds is 8. The molecule has 0 unspecified atom stereocenters. The maximum absolute atomic E-state index is 5.28. The third-order valence-corrected chi connectivity index (χ3v) is 6.67. The average Bonchev–Trinajstić information content (AvgIpc) is 3.22. The Hall–Kier alpha value is -3.07. The number of aryl methyl sites for hydroxylation is 1. The van der Waals surface area contributed by atoms with Crippen LogP contribution in [0.5, 0.6) is 0 Å². The van der Waals surface area contributed by atoms with E-state index in [4.69, 9.17) is 4.98 Å². The molecule has 0 saturated carbocycles. The van der Waals surface area contributed by atoms with Crippen LogP contribution in [0.4, 0.5) is 0 Å². The van der Waals surface area contributed by atoms with E-state index in [1.165, 1.54) is 76.6 Å². The van der Waals surface area contributed by atoms with Crippen molar-refractivity contribution >= 4 is 45.9 Å². The fourth-order valence-corrected chi connectivity index (χ4v) is 4.95. The van der Waals surface area contributed by atoms with Gasteiger partial charge in [-0.15, -0.1) is 0 Å². The molecule has 0 radical (unpaired) electrons. The van der Waals surface area contributed by atoms with Gasteiger partial charge in [0.1, 0.15) is 13.7 Å². The molecule has 3 heteroatoms. The molecule has 0 aliphatic heterocycles. The van der Waals surface area contributed by atoms with Crippen molar-refractivity contribution in [3.8, 4) is 11.4 Å². The number of hydrogen-bond donors (Lipinski definition) is 0. The lowest BCUT2D eigenvalue weighted by atomic mass is 9.95. The second-order valence-corrected chi connectivity index (χ2v) is 9.01. The predicted molar refractivity (Wildman–Crippen MR) is 142 cm³/mol. The minimum absolute atomic E-state index is 1.01. The molecule has 0 atom stereocenters. The number of unbranched alkanes of at least 4 members (excludes halogenated alkanes) is 5. The molecule has 5 rings (SSSR count). The first kappa shape index (κ1) is 20.8. The van der Waals surface area contributed by atoms with Crippen LogP contribution >= 0.6 is 0 Å². The highest BCUT2D eigenvalue weighted by Gasteiger charge is 2.18. The first-order valence-electron chi connectivity index (χ1n) is 12.1. The first-order chi connectivity index (χ1) is 15.8. The Morgan fingerprint density at radius 3 is 2.00 bits per heavy atom. The topological polar surface area (TPSA) is 17.8 Å². The summed E-state index contributed by atoms with van der Waals surface area (Å²) < 4.78 is 2.49. The van der Waals surface area contributed by atoms with Crippen molar-refractivity contribution in [3.05, 3.63) is 72.8 Å². The summed E-state index contributed by atoms with van der Waals surface area (Å²) in [6.45, 7) is 3.29. The molecular formula is C29H31BN2. The van der Waals surface area contributed by atoms with Crippen molar-refractivity contribution in [1.29, 1.82) is 0 Å². The molecule has 0 amide bonds. The van der Waals surface area contributed by atoms with E-state index >= 15 is 0 Å². The lowest BCUT2D eigenvalue weighted by Crippen LogP contribution is -2.04. The van der Waals surface area contributed by atoms with Gasteiger partial charge >= 0.3 is 0 Å². The first-order valence-corrected chi connectivity index (χ1v) is 12.1. The summed E-state index contributed by atoms with van der Waals surface area (Å²) in [6.07, 6.45) is 7.78. The minimum Gasteiger partial charge on any atom is -0.323 e. The average molecular weight is 418 g/mol. The molecule has 0 saturated heterocycles. The highest BCUT2D eigenvalue weighted by molar-refractivity contribution is 6.32. The normalized spacial score (nSPS) is 11.7. The molecule has 0 aliphatic rings. The fourth-order valence-electron chi connectivity index (χ4n) is 4.95. The molecule has 0 fully saturated rings. The van der Waals surface area contributed by atoms with Gasteiger partial charge in [-0.1, -0.05) is 117 Å². The van der Waals surface area contributed by atoms with E-state index in [1.807, 2.05) is 0 Å². The second kappa shape index (κ2) is 9.20. The molecular weight excluding hydrogens is 387 g/mol. The Labute approximate surface area is 191 Å². The maximum Gasteiger partial charge on any atom is 0.141 e. The summed E-state index contributed by atoms with van der Waals surface area (Å²) in [4.78, 5) is 5.28. The molecule has 0 spiro atoms.